The van der Waals surface area contributed by atoms with Gasteiger partial charge in [0.2, 0.25) is 5.95 Å². The molecule has 142 valence electrons. The highest BCUT2D eigenvalue weighted by Gasteiger charge is 2.34. The lowest BCUT2D eigenvalue weighted by molar-refractivity contribution is -0.141. The summed E-state index contributed by atoms with van der Waals surface area (Å²) in [6.07, 6.45) is -9.39. The van der Waals surface area contributed by atoms with Crippen LogP contribution in [0, 0.1) is 0 Å². The van der Waals surface area contributed by atoms with Crippen molar-refractivity contribution in [2.24, 2.45) is 0 Å². The molecule has 1 aromatic heterocycles. The van der Waals surface area contributed by atoms with Gasteiger partial charge in [-0.2, -0.15) is 31.3 Å². The summed E-state index contributed by atoms with van der Waals surface area (Å²) in [6.45, 7) is -0.463. The van der Waals surface area contributed by atoms with E-state index in [9.17, 15) is 26.3 Å². The zero-order valence-electron chi connectivity index (χ0n) is 12.7. The van der Waals surface area contributed by atoms with Crippen LogP contribution in [0.1, 0.15) is 11.3 Å². The summed E-state index contributed by atoms with van der Waals surface area (Å²) in [5.41, 5.74) is -2.35. The van der Waals surface area contributed by atoms with Crippen molar-refractivity contribution >= 4 is 29.1 Å². The molecule has 0 unspecified atom stereocenters. The maximum atomic E-state index is 12.9. The Hall–Kier alpha value is -2.27. The minimum atomic E-state index is -4.78. The molecule has 0 fully saturated rings. The van der Waals surface area contributed by atoms with E-state index in [0.717, 1.165) is 12.1 Å². The molecule has 0 aliphatic carbocycles. The van der Waals surface area contributed by atoms with Gasteiger partial charge in [0.1, 0.15) is 5.82 Å². The van der Waals surface area contributed by atoms with Gasteiger partial charge in [-0.1, -0.05) is 11.6 Å². The van der Waals surface area contributed by atoms with Crippen LogP contribution in [0.3, 0.4) is 0 Å². The maximum absolute atomic E-state index is 12.9. The number of aliphatic hydroxyl groups excluding tert-OH is 1. The van der Waals surface area contributed by atoms with E-state index in [2.05, 4.69) is 20.6 Å². The Balaban J connectivity index is 2.36. The Bertz CT molecular complexity index is 781. The quantitative estimate of drug-likeness (QED) is 0.652. The molecule has 0 atom stereocenters. The van der Waals surface area contributed by atoms with E-state index < -0.39 is 29.6 Å². The SMILES string of the molecule is OCCNc1nc(Nc2ccc(C(F)(F)F)cc2Cl)cc(C(F)(F)F)n1. The van der Waals surface area contributed by atoms with Crippen LogP contribution in [-0.4, -0.2) is 28.2 Å². The molecule has 0 amide bonds. The van der Waals surface area contributed by atoms with E-state index >= 15 is 0 Å². The molecular formula is C14H11ClF6N4O. The second-order valence-corrected chi connectivity index (χ2v) is 5.33. The predicted octanol–water partition coefficient (Wildman–Crippen LogP) is 4.32. The molecule has 3 N–H and O–H groups in total. The molecule has 1 heterocycles. The molecule has 0 aliphatic rings. The number of nitrogens with one attached hydrogen (secondary N) is 2. The molecule has 0 radical (unpaired) electrons. The lowest BCUT2D eigenvalue weighted by Crippen LogP contribution is -2.15. The topological polar surface area (TPSA) is 70.1 Å². The van der Waals surface area contributed by atoms with Crippen LogP contribution in [0.4, 0.5) is 43.8 Å². The van der Waals surface area contributed by atoms with Gasteiger partial charge in [0.15, 0.2) is 5.69 Å². The molecule has 12 heteroatoms. The van der Waals surface area contributed by atoms with Gasteiger partial charge < -0.3 is 15.7 Å². The fourth-order valence-corrected chi connectivity index (χ4v) is 2.06. The molecule has 2 aromatic rings. The number of rotatable bonds is 5. The van der Waals surface area contributed by atoms with Crippen LogP contribution in [0.15, 0.2) is 24.3 Å². The van der Waals surface area contributed by atoms with Gasteiger partial charge >= 0.3 is 12.4 Å². The lowest BCUT2D eigenvalue weighted by atomic mass is 10.2. The first-order valence-corrected chi connectivity index (χ1v) is 7.33. The van der Waals surface area contributed by atoms with Gasteiger partial charge in [0.25, 0.3) is 0 Å². The van der Waals surface area contributed by atoms with Crippen molar-refractivity contribution < 1.29 is 31.4 Å². The second-order valence-electron chi connectivity index (χ2n) is 4.93. The maximum Gasteiger partial charge on any atom is 0.433 e. The van der Waals surface area contributed by atoms with Crippen LogP contribution in [0.25, 0.3) is 0 Å². The zero-order chi connectivity index (χ0) is 19.5. The van der Waals surface area contributed by atoms with Gasteiger partial charge in [-0.05, 0) is 18.2 Å². The molecule has 0 aliphatic heterocycles. The van der Waals surface area contributed by atoms with E-state index in [1.807, 2.05) is 0 Å². The van der Waals surface area contributed by atoms with E-state index in [4.69, 9.17) is 16.7 Å². The first-order chi connectivity index (χ1) is 12.0. The molecule has 0 saturated heterocycles. The van der Waals surface area contributed by atoms with Crippen molar-refractivity contribution in [1.29, 1.82) is 0 Å². The number of anilines is 3. The summed E-state index contributed by atoms with van der Waals surface area (Å²) in [7, 11) is 0. The van der Waals surface area contributed by atoms with Crippen molar-refractivity contribution in [2.45, 2.75) is 12.4 Å². The molecular weight excluding hydrogens is 390 g/mol. The van der Waals surface area contributed by atoms with Gasteiger partial charge in [0.05, 0.1) is 22.9 Å². The summed E-state index contributed by atoms with van der Waals surface area (Å²) in [4.78, 5) is 7.04. The Morgan fingerprint density at radius 2 is 1.69 bits per heavy atom. The minimum absolute atomic E-state index is 0.0698. The number of hydrogen-bond donors (Lipinski definition) is 3. The highest BCUT2D eigenvalue weighted by molar-refractivity contribution is 6.33. The predicted molar refractivity (Wildman–Crippen MR) is 82.3 cm³/mol. The van der Waals surface area contributed by atoms with Gasteiger partial charge in [0, 0.05) is 12.6 Å². The third-order valence-electron chi connectivity index (χ3n) is 2.97. The van der Waals surface area contributed by atoms with Crippen LogP contribution >= 0.6 is 11.6 Å². The first-order valence-electron chi connectivity index (χ1n) is 6.95. The Labute approximate surface area is 148 Å². The summed E-state index contributed by atoms with van der Waals surface area (Å²) in [5, 5.41) is 13.2. The fourth-order valence-electron chi connectivity index (χ4n) is 1.83. The number of aliphatic hydroxyl groups is 1. The lowest BCUT2D eigenvalue weighted by Gasteiger charge is -2.14. The Morgan fingerprint density at radius 1 is 1.00 bits per heavy atom. The molecule has 26 heavy (non-hydrogen) atoms. The van der Waals surface area contributed by atoms with Crippen LogP contribution in [0.5, 0.6) is 0 Å². The minimum Gasteiger partial charge on any atom is -0.395 e. The van der Waals surface area contributed by atoms with E-state index in [0.29, 0.717) is 12.1 Å². The number of halogens is 7. The van der Waals surface area contributed by atoms with Gasteiger partial charge in [-0.15, -0.1) is 0 Å². The third-order valence-corrected chi connectivity index (χ3v) is 3.28. The Morgan fingerprint density at radius 3 is 2.23 bits per heavy atom. The average Bonchev–Trinajstić information content (AvgIpc) is 2.53. The number of hydrogen-bond acceptors (Lipinski definition) is 5. The molecule has 5 nitrogen and oxygen atoms in total. The van der Waals surface area contributed by atoms with Crippen molar-refractivity contribution in [2.75, 3.05) is 23.8 Å². The number of nitrogens with zero attached hydrogens (tertiary/aromatic N) is 2. The van der Waals surface area contributed by atoms with Crippen molar-refractivity contribution in [3.05, 3.63) is 40.5 Å². The standard InChI is InChI=1S/C14H11ClF6N4O/c15-8-5-7(13(16,17)18)1-2-9(8)23-11-6-10(14(19,20)21)24-12(25-11)22-3-4-26/h1-2,5-6,26H,3-4H2,(H2,22,23,24,25). The molecule has 2 rings (SSSR count). The molecule has 1 aromatic carbocycles. The fraction of sp³-hybridized carbons (Fsp3) is 0.286. The summed E-state index contributed by atoms with van der Waals surface area (Å²) >= 11 is 5.76. The number of alkyl halides is 6. The highest BCUT2D eigenvalue weighted by Crippen LogP contribution is 2.35. The monoisotopic (exact) mass is 400 g/mol. The molecule has 0 saturated carbocycles. The van der Waals surface area contributed by atoms with E-state index in [1.165, 1.54) is 0 Å². The van der Waals surface area contributed by atoms with Crippen LogP contribution in [-0.2, 0) is 12.4 Å². The van der Waals surface area contributed by atoms with Gasteiger partial charge in [-0.3, -0.25) is 0 Å². The average molecular weight is 401 g/mol. The van der Waals surface area contributed by atoms with Crippen molar-refractivity contribution in [3.63, 3.8) is 0 Å². The Kier molecular flexibility index (Phi) is 5.81. The van der Waals surface area contributed by atoms with Crippen LogP contribution < -0.4 is 10.6 Å². The van der Waals surface area contributed by atoms with E-state index in [1.54, 1.807) is 0 Å². The number of benzene rings is 1. The second kappa shape index (κ2) is 7.54. The summed E-state index contributed by atoms with van der Waals surface area (Å²) in [6, 6.07) is 2.92. The normalized spacial score (nSPS) is 12.2. The molecule has 0 spiro atoms. The third kappa shape index (κ3) is 5.11. The smallest absolute Gasteiger partial charge is 0.395 e. The van der Waals surface area contributed by atoms with Crippen molar-refractivity contribution in [3.8, 4) is 0 Å². The highest BCUT2D eigenvalue weighted by atomic mass is 35.5. The first kappa shape index (κ1) is 20.0. The molecule has 0 bridgehead atoms. The van der Waals surface area contributed by atoms with E-state index in [-0.39, 0.29) is 29.7 Å². The number of aromatic nitrogens is 2. The van der Waals surface area contributed by atoms with Gasteiger partial charge in [-0.25, -0.2) is 4.98 Å². The summed E-state index contributed by atoms with van der Waals surface area (Å²) in [5.74, 6) is -0.756. The summed E-state index contributed by atoms with van der Waals surface area (Å²) < 4.78 is 76.7. The van der Waals surface area contributed by atoms with Crippen molar-refractivity contribution in [1.82, 2.24) is 9.97 Å². The largest absolute Gasteiger partial charge is 0.433 e. The van der Waals surface area contributed by atoms with Crippen LogP contribution in [0.2, 0.25) is 5.02 Å². The zero-order valence-corrected chi connectivity index (χ0v) is 13.5.